The molecule has 0 aromatic heterocycles. The molecule has 1 aliphatic rings. The summed E-state index contributed by atoms with van der Waals surface area (Å²) in [6.45, 7) is 2.90. The number of rotatable bonds is 3. The fraction of sp³-hybridized carbons (Fsp3) is 0.385. The van der Waals surface area contributed by atoms with E-state index in [1.54, 1.807) is 6.92 Å². The van der Waals surface area contributed by atoms with Gasteiger partial charge >= 0.3 is 0 Å². The number of hydrogen-bond acceptors (Lipinski definition) is 3. The maximum Gasteiger partial charge on any atom is 0.149 e. The van der Waals surface area contributed by atoms with Crippen LogP contribution < -0.4 is 14.8 Å². The van der Waals surface area contributed by atoms with Gasteiger partial charge in [-0.2, -0.15) is 0 Å². The lowest BCUT2D eigenvalue weighted by Gasteiger charge is -2.07. The minimum absolute atomic E-state index is 0.291. The van der Waals surface area contributed by atoms with E-state index in [1.165, 1.54) is 5.56 Å². The molecular formula is C13H15NO2. The third-order valence-corrected chi connectivity index (χ3v) is 2.60. The Bertz CT molecular complexity index is 431. The molecule has 0 saturated heterocycles. The van der Waals surface area contributed by atoms with Gasteiger partial charge in [0.1, 0.15) is 24.7 Å². The SMILES string of the molecule is CC#CCOc1ccc2c(c1)OCC2NC. The first-order chi connectivity index (χ1) is 7.85. The summed E-state index contributed by atoms with van der Waals surface area (Å²) >= 11 is 0. The second-order valence-electron chi connectivity index (χ2n) is 3.57. The van der Waals surface area contributed by atoms with Crippen molar-refractivity contribution in [3.05, 3.63) is 23.8 Å². The van der Waals surface area contributed by atoms with Crippen LogP contribution in [0.5, 0.6) is 11.5 Å². The van der Waals surface area contributed by atoms with Crippen molar-refractivity contribution in [1.29, 1.82) is 0 Å². The van der Waals surface area contributed by atoms with E-state index in [0.29, 0.717) is 19.3 Å². The zero-order valence-corrected chi connectivity index (χ0v) is 9.54. The second kappa shape index (κ2) is 4.91. The van der Waals surface area contributed by atoms with Crippen LogP contribution in [0.2, 0.25) is 0 Å². The van der Waals surface area contributed by atoms with E-state index in [2.05, 4.69) is 17.2 Å². The zero-order chi connectivity index (χ0) is 11.4. The van der Waals surface area contributed by atoms with E-state index in [1.807, 2.05) is 25.2 Å². The van der Waals surface area contributed by atoms with Crippen molar-refractivity contribution >= 4 is 0 Å². The summed E-state index contributed by atoms with van der Waals surface area (Å²) in [6, 6.07) is 6.21. The standard InChI is InChI=1S/C13H15NO2/c1-3-4-7-15-10-5-6-11-12(14-2)9-16-13(11)8-10/h5-6,8,12,14H,7,9H2,1-2H3. The topological polar surface area (TPSA) is 30.5 Å². The van der Waals surface area contributed by atoms with Crippen LogP contribution in [-0.2, 0) is 0 Å². The van der Waals surface area contributed by atoms with Gasteiger partial charge in [-0.1, -0.05) is 5.92 Å². The Labute approximate surface area is 95.8 Å². The third-order valence-electron chi connectivity index (χ3n) is 2.60. The van der Waals surface area contributed by atoms with E-state index < -0.39 is 0 Å². The minimum atomic E-state index is 0.291. The van der Waals surface area contributed by atoms with Gasteiger partial charge in [-0.25, -0.2) is 0 Å². The van der Waals surface area contributed by atoms with Gasteiger partial charge in [0.2, 0.25) is 0 Å². The first-order valence-electron chi connectivity index (χ1n) is 5.31. The fourth-order valence-corrected chi connectivity index (χ4v) is 1.71. The molecule has 3 heteroatoms. The molecule has 2 rings (SSSR count). The second-order valence-corrected chi connectivity index (χ2v) is 3.57. The van der Waals surface area contributed by atoms with Gasteiger partial charge in [0.25, 0.3) is 0 Å². The Morgan fingerprint density at radius 1 is 1.56 bits per heavy atom. The van der Waals surface area contributed by atoms with Crippen LogP contribution in [0.3, 0.4) is 0 Å². The van der Waals surface area contributed by atoms with Crippen LogP contribution in [0, 0.1) is 11.8 Å². The number of nitrogens with one attached hydrogen (secondary N) is 1. The predicted molar refractivity (Wildman–Crippen MR) is 62.7 cm³/mol. The molecule has 84 valence electrons. The minimum Gasteiger partial charge on any atom is -0.491 e. The molecule has 0 bridgehead atoms. The molecule has 1 aliphatic heterocycles. The zero-order valence-electron chi connectivity index (χ0n) is 9.54. The average Bonchev–Trinajstić information content (AvgIpc) is 2.71. The van der Waals surface area contributed by atoms with E-state index >= 15 is 0 Å². The summed E-state index contributed by atoms with van der Waals surface area (Å²) in [5.41, 5.74) is 1.19. The van der Waals surface area contributed by atoms with Gasteiger partial charge in [-0.15, -0.1) is 5.92 Å². The number of ether oxygens (including phenoxy) is 2. The first-order valence-corrected chi connectivity index (χ1v) is 5.31. The smallest absolute Gasteiger partial charge is 0.149 e. The molecule has 1 atom stereocenters. The molecular weight excluding hydrogens is 202 g/mol. The number of fused-ring (bicyclic) bond motifs is 1. The summed E-state index contributed by atoms with van der Waals surface area (Å²) in [5, 5.41) is 3.20. The quantitative estimate of drug-likeness (QED) is 0.782. The Kier molecular flexibility index (Phi) is 3.33. The highest BCUT2D eigenvalue weighted by Crippen LogP contribution is 2.34. The lowest BCUT2D eigenvalue weighted by molar-refractivity contribution is 0.315. The van der Waals surface area contributed by atoms with Crippen molar-refractivity contribution in [3.8, 4) is 23.3 Å². The number of benzene rings is 1. The van der Waals surface area contributed by atoms with E-state index in [4.69, 9.17) is 9.47 Å². The van der Waals surface area contributed by atoms with E-state index in [-0.39, 0.29) is 0 Å². The van der Waals surface area contributed by atoms with Gasteiger partial charge < -0.3 is 14.8 Å². The predicted octanol–water partition coefficient (Wildman–Crippen LogP) is 1.74. The maximum absolute atomic E-state index is 5.57. The third kappa shape index (κ3) is 2.12. The molecule has 1 aromatic carbocycles. The average molecular weight is 217 g/mol. The van der Waals surface area contributed by atoms with Crippen LogP contribution in [0.15, 0.2) is 18.2 Å². The molecule has 0 amide bonds. The molecule has 0 fully saturated rings. The summed E-state index contributed by atoms with van der Waals surface area (Å²) in [5.74, 6) is 7.36. The Morgan fingerprint density at radius 3 is 3.19 bits per heavy atom. The molecule has 0 saturated carbocycles. The van der Waals surface area contributed by atoms with Crippen molar-refractivity contribution < 1.29 is 9.47 Å². The lowest BCUT2D eigenvalue weighted by atomic mass is 10.1. The fourth-order valence-electron chi connectivity index (χ4n) is 1.71. The molecule has 1 N–H and O–H groups in total. The first kappa shape index (κ1) is 10.8. The van der Waals surface area contributed by atoms with E-state index in [9.17, 15) is 0 Å². The number of hydrogen-bond donors (Lipinski definition) is 1. The van der Waals surface area contributed by atoms with Gasteiger partial charge in [0, 0.05) is 11.6 Å². The highest BCUT2D eigenvalue weighted by Gasteiger charge is 2.22. The molecule has 3 nitrogen and oxygen atoms in total. The highest BCUT2D eigenvalue weighted by molar-refractivity contribution is 5.45. The van der Waals surface area contributed by atoms with Crippen molar-refractivity contribution in [2.45, 2.75) is 13.0 Å². The summed E-state index contributed by atoms with van der Waals surface area (Å²) < 4.78 is 11.0. The van der Waals surface area contributed by atoms with Crippen molar-refractivity contribution in [3.63, 3.8) is 0 Å². The van der Waals surface area contributed by atoms with E-state index in [0.717, 1.165) is 11.5 Å². The lowest BCUT2D eigenvalue weighted by Crippen LogP contribution is -2.17. The molecule has 1 heterocycles. The van der Waals surface area contributed by atoms with Gasteiger partial charge in [-0.05, 0) is 26.1 Å². The molecule has 1 aromatic rings. The molecule has 0 aliphatic carbocycles. The largest absolute Gasteiger partial charge is 0.491 e. The maximum atomic E-state index is 5.57. The summed E-state index contributed by atoms with van der Waals surface area (Å²) in [4.78, 5) is 0. The monoisotopic (exact) mass is 217 g/mol. The van der Waals surface area contributed by atoms with Crippen LogP contribution in [0.1, 0.15) is 18.5 Å². The van der Waals surface area contributed by atoms with Crippen LogP contribution in [0.25, 0.3) is 0 Å². The van der Waals surface area contributed by atoms with Crippen LogP contribution in [-0.4, -0.2) is 20.3 Å². The van der Waals surface area contributed by atoms with Gasteiger partial charge in [0.05, 0.1) is 6.04 Å². The normalized spacial score (nSPS) is 17.0. The molecule has 0 spiro atoms. The Morgan fingerprint density at radius 2 is 2.44 bits per heavy atom. The summed E-state index contributed by atoms with van der Waals surface area (Å²) in [6.07, 6.45) is 0. The van der Waals surface area contributed by atoms with Crippen LogP contribution in [0.4, 0.5) is 0 Å². The Hall–Kier alpha value is -1.66. The molecule has 0 radical (unpaired) electrons. The van der Waals surface area contributed by atoms with Crippen LogP contribution >= 0.6 is 0 Å². The Balaban J connectivity index is 2.11. The van der Waals surface area contributed by atoms with Gasteiger partial charge in [0.15, 0.2) is 0 Å². The van der Waals surface area contributed by atoms with Crippen molar-refractivity contribution in [2.24, 2.45) is 0 Å². The van der Waals surface area contributed by atoms with Gasteiger partial charge in [-0.3, -0.25) is 0 Å². The molecule has 16 heavy (non-hydrogen) atoms. The number of likely N-dealkylation sites (N-methyl/N-ethyl adjacent to an activating group) is 1. The molecule has 1 unspecified atom stereocenters. The van der Waals surface area contributed by atoms with Crippen molar-refractivity contribution in [1.82, 2.24) is 5.32 Å². The highest BCUT2D eigenvalue weighted by atomic mass is 16.5. The summed E-state index contributed by atoms with van der Waals surface area (Å²) in [7, 11) is 1.93. The van der Waals surface area contributed by atoms with Crippen molar-refractivity contribution in [2.75, 3.05) is 20.3 Å².